The van der Waals surface area contributed by atoms with Gasteiger partial charge in [0.1, 0.15) is 5.75 Å². The molecule has 138 valence electrons. The maximum absolute atomic E-state index is 12.2. The summed E-state index contributed by atoms with van der Waals surface area (Å²) in [6, 6.07) is 12.0. The third-order valence-corrected chi connectivity index (χ3v) is 4.11. The number of rotatable bonds is 7. The first-order chi connectivity index (χ1) is 12.4. The molecule has 8 heteroatoms. The lowest BCUT2D eigenvalue weighted by molar-refractivity contribution is -0.131. The van der Waals surface area contributed by atoms with Crippen molar-refractivity contribution >= 4 is 46.4 Å². The predicted octanol–water partition coefficient (Wildman–Crippen LogP) is 3.51. The first-order valence-corrected chi connectivity index (χ1v) is 8.52. The van der Waals surface area contributed by atoms with Crippen molar-refractivity contribution in [3.8, 4) is 5.75 Å². The molecule has 0 aliphatic heterocycles. The van der Waals surface area contributed by atoms with Crippen LogP contribution in [-0.2, 0) is 9.59 Å². The van der Waals surface area contributed by atoms with Crippen molar-refractivity contribution in [3.63, 3.8) is 0 Å². The standard InChI is InChI=1S/C18H19Cl2N3O3/c1-23(11-17(24)22-14-6-4-3-5-13(14)20)18(25)10-21-15-9-12(19)7-8-16(15)26-2/h3-9,21H,10-11H2,1-2H3,(H,22,24). The zero-order valence-electron chi connectivity index (χ0n) is 14.4. The van der Waals surface area contributed by atoms with Gasteiger partial charge < -0.3 is 20.3 Å². The quantitative estimate of drug-likeness (QED) is 0.752. The Kier molecular flexibility index (Phi) is 7.12. The van der Waals surface area contributed by atoms with Crippen LogP contribution in [0.2, 0.25) is 10.0 Å². The van der Waals surface area contributed by atoms with Crippen molar-refractivity contribution in [1.29, 1.82) is 0 Å². The number of para-hydroxylation sites is 1. The number of hydrogen-bond donors (Lipinski definition) is 2. The second-order valence-corrected chi connectivity index (χ2v) is 6.32. The Hall–Kier alpha value is -2.44. The normalized spacial score (nSPS) is 10.2. The summed E-state index contributed by atoms with van der Waals surface area (Å²) in [6.45, 7) is -0.106. The number of ether oxygens (including phenoxy) is 1. The number of carbonyl (C=O) groups excluding carboxylic acids is 2. The van der Waals surface area contributed by atoms with Gasteiger partial charge >= 0.3 is 0 Å². The SMILES string of the molecule is COc1ccc(Cl)cc1NCC(=O)N(C)CC(=O)Nc1ccccc1Cl. The minimum absolute atomic E-state index is 0.00737. The second kappa shape index (κ2) is 9.31. The van der Waals surface area contributed by atoms with E-state index in [1.54, 1.807) is 49.5 Å². The first kappa shape index (κ1) is 19.9. The van der Waals surface area contributed by atoms with E-state index >= 15 is 0 Å². The van der Waals surface area contributed by atoms with E-state index in [1.165, 1.54) is 12.0 Å². The highest BCUT2D eigenvalue weighted by Crippen LogP contribution is 2.27. The number of benzene rings is 2. The molecule has 0 radical (unpaired) electrons. The first-order valence-electron chi connectivity index (χ1n) is 7.76. The lowest BCUT2D eigenvalue weighted by Crippen LogP contribution is -2.38. The van der Waals surface area contributed by atoms with E-state index in [-0.39, 0.29) is 24.9 Å². The molecule has 2 aromatic rings. The molecule has 0 saturated heterocycles. The molecular weight excluding hydrogens is 377 g/mol. The molecule has 0 aliphatic rings. The molecule has 0 heterocycles. The average molecular weight is 396 g/mol. The number of nitrogens with zero attached hydrogens (tertiary/aromatic N) is 1. The number of amides is 2. The average Bonchev–Trinajstić information content (AvgIpc) is 2.61. The van der Waals surface area contributed by atoms with E-state index in [2.05, 4.69) is 10.6 Å². The Labute approximate surface area is 162 Å². The van der Waals surface area contributed by atoms with Crippen LogP contribution in [-0.4, -0.2) is 44.0 Å². The van der Waals surface area contributed by atoms with E-state index in [0.717, 1.165) is 0 Å². The Morgan fingerprint density at radius 1 is 1.12 bits per heavy atom. The fourth-order valence-corrected chi connectivity index (χ4v) is 2.54. The van der Waals surface area contributed by atoms with E-state index in [4.69, 9.17) is 27.9 Å². The van der Waals surface area contributed by atoms with Gasteiger partial charge in [0.05, 0.1) is 36.6 Å². The Morgan fingerprint density at radius 3 is 2.54 bits per heavy atom. The van der Waals surface area contributed by atoms with Gasteiger partial charge in [0.2, 0.25) is 11.8 Å². The van der Waals surface area contributed by atoms with E-state index < -0.39 is 0 Å². The summed E-state index contributed by atoms with van der Waals surface area (Å²) < 4.78 is 5.21. The molecule has 0 bridgehead atoms. The molecule has 0 unspecified atom stereocenters. The second-order valence-electron chi connectivity index (χ2n) is 5.48. The van der Waals surface area contributed by atoms with Gasteiger partial charge in [0.25, 0.3) is 0 Å². The minimum Gasteiger partial charge on any atom is -0.495 e. The van der Waals surface area contributed by atoms with Gasteiger partial charge in [-0.25, -0.2) is 0 Å². The van der Waals surface area contributed by atoms with E-state index in [0.29, 0.717) is 27.2 Å². The molecule has 2 rings (SSSR count). The molecule has 0 fully saturated rings. The highest BCUT2D eigenvalue weighted by molar-refractivity contribution is 6.33. The summed E-state index contributed by atoms with van der Waals surface area (Å²) in [6.07, 6.45) is 0. The summed E-state index contributed by atoms with van der Waals surface area (Å²) in [5, 5.41) is 6.59. The van der Waals surface area contributed by atoms with Crippen molar-refractivity contribution in [2.75, 3.05) is 37.9 Å². The van der Waals surface area contributed by atoms with Crippen LogP contribution in [0.15, 0.2) is 42.5 Å². The third kappa shape index (κ3) is 5.54. The van der Waals surface area contributed by atoms with Crippen molar-refractivity contribution in [3.05, 3.63) is 52.5 Å². The summed E-state index contributed by atoms with van der Waals surface area (Å²) in [4.78, 5) is 25.6. The van der Waals surface area contributed by atoms with Crippen molar-refractivity contribution < 1.29 is 14.3 Å². The molecule has 0 aromatic heterocycles. The number of carbonyl (C=O) groups is 2. The monoisotopic (exact) mass is 395 g/mol. The van der Waals surface area contributed by atoms with Gasteiger partial charge in [-0.1, -0.05) is 35.3 Å². The molecule has 2 aromatic carbocycles. The van der Waals surface area contributed by atoms with Crippen LogP contribution >= 0.6 is 23.2 Å². The maximum atomic E-state index is 12.2. The van der Waals surface area contributed by atoms with Gasteiger partial charge in [-0.3, -0.25) is 9.59 Å². The molecule has 2 amide bonds. The Balaban J connectivity index is 1.88. The van der Waals surface area contributed by atoms with Crippen LogP contribution in [0.1, 0.15) is 0 Å². The summed E-state index contributed by atoms with van der Waals surface area (Å²) >= 11 is 12.0. The maximum Gasteiger partial charge on any atom is 0.244 e. The van der Waals surface area contributed by atoms with Crippen molar-refractivity contribution in [2.24, 2.45) is 0 Å². The topological polar surface area (TPSA) is 70.7 Å². The minimum atomic E-state index is -0.339. The molecule has 0 saturated carbocycles. The van der Waals surface area contributed by atoms with Gasteiger partial charge in [0.15, 0.2) is 0 Å². The van der Waals surface area contributed by atoms with Crippen LogP contribution in [0.25, 0.3) is 0 Å². The summed E-state index contributed by atoms with van der Waals surface area (Å²) in [5.74, 6) is -0.0306. The van der Waals surface area contributed by atoms with E-state index in [1.807, 2.05) is 0 Å². The number of anilines is 2. The van der Waals surface area contributed by atoms with Crippen LogP contribution in [0, 0.1) is 0 Å². The summed E-state index contributed by atoms with van der Waals surface area (Å²) in [7, 11) is 3.08. The fourth-order valence-electron chi connectivity index (χ4n) is 2.18. The molecule has 2 N–H and O–H groups in total. The van der Waals surface area contributed by atoms with Crippen LogP contribution < -0.4 is 15.4 Å². The zero-order valence-corrected chi connectivity index (χ0v) is 15.9. The number of hydrogen-bond acceptors (Lipinski definition) is 4. The number of nitrogens with one attached hydrogen (secondary N) is 2. The van der Waals surface area contributed by atoms with Gasteiger partial charge in [-0.15, -0.1) is 0 Å². The lowest BCUT2D eigenvalue weighted by atomic mass is 10.3. The zero-order chi connectivity index (χ0) is 19.1. The van der Waals surface area contributed by atoms with Gasteiger partial charge in [0, 0.05) is 12.1 Å². The predicted molar refractivity (Wildman–Crippen MR) is 104 cm³/mol. The van der Waals surface area contributed by atoms with Crippen LogP contribution in [0.3, 0.4) is 0 Å². The van der Waals surface area contributed by atoms with Crippen molar-refractivity contribution in [1.82, 2.24) is 4.90 Å². The highest BCUT2D eigenvalue weighted by Gasteiger charge is 2.14. The van der Waals surface area contributed by atoms with Gasteiger partial charge in [-0.05, 0) is 30.3 Å². The smallest absolute Gasteiger partial charge is 0.244 e. The highest BCUT2D eigenvalue weighted by atomic mass is 35.5. The van der Waals surface area contributed by atoms with Crippen molar-refractivity contribution in [2.45, 2.75) is 0 Å². The molecular formula is C18H19Cl2N3O3. The Bertz CT molecular complexity index is 799. The largest absolute Gasteiger partial charge is 0.495 e. The van der Waals surface area contributed by atoms with E-state index in [9.17, 15) is 9.59 Å². The molecule has 26 heavy (non-hydrogen) atoms. The molecule has 0 atom stereocenters. The molecule has 0 spiro atoms. The molecule has 0 aliphatic carbocycles. The van der Waals surface area contributed by atoms with Gasteiger partial charge in [-0.2, -0.15) is 0 Å². The number of likely N-dealkylation sites (N-methyl/N-ethyl adjacent to an activating group) is 1. The van der Waals surface area contributed by atoms with Crippen LogP contribution in [0.5, 0.6) is 5.75 Å². The molecule has 6 nitrogen and oxygen atoms in total. The lowest BCUT2D eigenvalue weighted by Gasteiger charge is -2.18. The third-order valence-electron chi connectivity index (χ3n) is 3.55. The fraction of sp³-hybridized carbons (Fsp3) is 0.222. The summed E-state index contributed by atoms with van der Waals surface area (Å²) in [5.41, 5.74) is 1.10. The van der Waals surface area contributed by atoms with Crippen LogP contribution in [0.4, 0.5) is 11.4 Å². The number of methoxy groups -OCH3 is 1. The Morgan fingerprint density at radius 2 is 1.85 bits per heavy atom. The number of halogens is 2.